The van der Waals surface area contributed by atoms with Crippen LogP contribution in [-0.4, -0.2) is 55.7 Å². The van der Waals surface area contributed by atoms with Crippen LogP contribution in [0.1, 0.15) is 23.1 Å². The number of nitrogens with zero attached hydrogens (tertiary/aromatic N) is 3. The molecule has 2 heterocycles. The first-order valence-electron chi connectivity index (χ1n) is 14.3. The van der Waals surface area contributed by atoms with Crippen LogP contribution in [0.2, 0.25) is 5.02 Å². The highest BCUT2D eigenvalue weighted by molar-refractivity contribution is 6.32. The number of hydrogen-bond acceptors (Lipinski definition) is 8. The van der Waals surface area contributed by atoms with Crippen molar-refractivity contribution in [3.63, 3.8) is 0 Å². The van der Waals surface area contributed by atoms with Gasteiger partial charge in [0.05, 0.1) is 40.7 Å². The molecule has 0 radical (unpaired) electrons. The topological polar surface area (TPSA) is 109 Å². The summed E-state index contributed by atoms with van der Waals surface area (Å²) in [6.45, 7) is 4.13. The largest absolute Gasteiger partial charge is 0.487 e. The Bertz CT molecular complexity index is 1710. The number of likely N-dealkylation sites (N-methyl/N-ethyl adjacent to an activating group) is 1. The predicted octanol–water partition coefficient (Wildman–Crippen LogP) is 6.61. The van der Waals surface area contributed by atoms with Gasteiger partial charge < -0.3 is 29.7 Å². The molecule has 1 aromatic heterocycles. The molecule has 1 atom stereocenters. The summed E-state index contributed by atoms with van der Waals surface area (Å²) in [6, 6.07) is 19.2. The number of benzene rings is 3. The Balaban J connectivity index is 1.44. The molecule has 5 rings (SSSR count). The highest BCUT2D eigenvalue weighted by Crippen LogP contribution is 2.38. The zero-order valence-corrected chi connectivity index (χ0v) is 25.6. The minimum atomic E-state index is -0.300. The number of carbonyl (C=O) groups excluding carboxylic acids is 1. The first-order chi connectivity index (χ1) is 21.3. The molecule has 2 N–H and O–H groups in total. The number of amides is 1. The fourth-order valence-electron chi connectivity index (χ4n) is 4.65. The molecule has 0 spiro atoms. The van der Waals surface area contributed by atoms with Gasteiger partial charge in [0.15, 0.2) is 0 Å². The van der Waals surface area contributed by atoms with Gasteiger partial charge in [0.25, 0.3) is 0 Å². The van der Waals surface area contributed by atoms with E-state index in [-0.39, 0.29) is 12.0 Å². The predicted molar refractivity (Wildman–Crippen MR) is 173 cm³/mol. The number of carbonyl (C=O) groups is 1. The summed E-state index contributed by atoms with van der Waals surface area (Å²) in [7, 11) is 3.85. The third-order valence-electron chi connectivity index (χ3n) is 6.99. The summed E-state index contributed by atoms with van der Waals surface area (Å²) in [4.78, 5) is 19.3. The Labute approximate surface area is 262 Å². The highest BCUT2D eigenvalue weighted by atomic mass is 35.5. The lowest BCUT2D eigenvalue weighted by atomic mass is 10.1. The minimum Gasteiger partial charge on any atom is -0.487 e. The van der Waals surface area contributed by atoms with Crippen molar-refractivity contribution < 1.29 is 19.0 Å². The molecule has 0 aliphatic carbocycles. The highest BCUT2D eigenvalue weighted by Gasteiger charge is 2.21. The number of ether oxygens (including phenoxy) is 3. The van der Waals surface area contributed by atoms with E-state index in [4.69, 9.17) is 25.8 Å². The van der Waals surface area contributed by atoms with Crippen molar-refractivity contribution >= 4 is 45.5 Å². The number of nitriles is 1. The molecule has 0 saturated carbocycles. The van der Waals surface area contributed by atoms with Crippen LogP contribution in [0.15, 0.2) is 72.9 Å². The van der Waals surface area contributed by atoms with E-state index in [2.05, 4.69) is 21.7 Å². The number of nitrogens with one attached hydrogen (secondary N) is 2. The van der Waals surface area contributed by atoms with E-state index < -0.39 is 0 Å². The molecule has 1 saturated heterocycles. The van der Waals surface area contributed by atoms with Crippen LogP contribution in [0.25, 0.3) is 10.9 Å². The molecule has 0 unspecified atom stereocenters. The van der Waals surface area contributed by atoms with E-state index >= 15 is 0 Å². The van der Waals surface area contributed by atoms with Gasteiger partial charge in [0.1, 0.15) is 30.3 Å². The number of anilines is 3. The molecule has 3 aromatic carbocycles. The van der Waals surface area contributed by atoms with Crippen LogP contribution >= 0.6 is 11.6 Å². The molecule has 1 fully saturated rings. The van der Waals surface area contributed by atoms with E-state index in [1.54, 1.807) is 30.3 Å². The third kappa shape index (κ3) is 7.85. The van der Waals surface area contributed by atoms with Crippen LogP contribution in [0, 0.1) is 18.3 Å². The van der Waals surface area contributed by atoms with E-state index in [0.717, 1.165) is 12.0 Å². The van der Waals surface area contributed by atoms with E-state index in [1.165, 1.54) is 17.8 Å². The molecule has 226 valence electrons. The number of aryl methyl sites for hydroxylation is 1. The number of fused-ring (bicyclic) bond motifs is 1. The second-order valence-corrected chi connectivity index (χ2v) is 11.2. The van der Waals surface area contributed by atoms with Gasteiger partial charge in [-0.25, -0.2) is 0 Å². The summed E-state index contributed by atoms with van der Waals surface area (Å²) < 4.78 is 17.7. The molecule has 9 nitrogen and oxygen atoms in total. The molecule has 1 aliphatic heterocycles. The average molecular weight is 612 g/mol. The molecule has 1 amide bonds. The number of halogens is 1. The Kier molecular flexibility index (Phi) is 9.97. The van der Waals surface area contributed by atoms with E-state index in [1.807, 2.05) is 56.3 Å². The maximum absolute atomic E-state index is 12.8. The van der Waals surface area contributed by atoms with Crippen molar-refractivity contribution in [1.29, 1.82) is 5.26 Å². The van der Waals surface area contributed by atoms with Crippen molar-refractivity contribution in [2.45, 2.75) is 26.1 Å². The van der Waals surface area contributed by atoms with E-state index in [0.29, 0.717) is 76.4 Å². The van der Waals surface area contributed by atoms with Crippen LogP contribution in [0.4, 0.5) is 17.1 Å². The number of pyridine rings is 1. The van der Waals surface area contributed by atoms with Gasteiger partial charge in [-0.15, -0.1) is 0 Å². The third-order valence-corrected chi connectivity index (χ3v) is 7.28. The molecular weight excluding hydrogens is 578 g/mol. The van der Waals surface area contributed by atoms with Gasteiger partial charge in [-0.3, -0.25) is 9.78 Å². The maximum atomic E-state index is 12.8. The van der Waals surface area contributed by atoms with Crippen LogP contribution in [-0.2, 0) is 16.1 Å². The van der Waals surface area contributed by atoms with Gasteiger partial charge in [0.2, 0.25) is 5.91 Å². The van der Waals surface area contributed by atoms with Crippen LogP contribution < -0.4 is 20.1 Å². The van der Waals surface area contributed by atoms with Crippen LogP contribution in [0.3, 0.4) is 0 Å². The van der Waals surface area contributed by atoms with Crippen LogP contribution in [0.5, 0.6) is 11.5 Å². The zero-order valence-electron chi connectivity index (χ0n) is 24.9. The van der Waals surface area contributed by atoms with Gasteiger partial charge in [0, 0.05) is 42.4 Å². The smallest absolute Gasteiger partial charge is 0.248 e. The van der Waals surface area contributed by atoms with Crippen molar-refractivity contribution in [1.82, 2.24) is 9.88 Å². The maximum Gasteiger partial charge on any atom is 0.248 e. The minimum absolute atomic E-state index is 0.141. The van der Waals surface area contributed by atoms with Gasteiger partial charge in [-0.2, -0.15) is 5.26 Å². The van der Waals surface area contributed by atoms with Crippen molar-refractivity contribution in [2.24, 2.45) is 0 Å². The molecule has 10 heteroatoms. The Morgan fingerprint density at radius 1 is 1.18 bits per heavy atom. The quantitative estimate of drug-likeness (QED) is 0.182. The number of aromatic nitrogens is 1. The van der Waals surface area contributed by atoms with Gasteiger partial charge in [-0.1, -0.05) is 47.5 Å². The van der Waals surface area contributed by atoms with E-state index in [9.17, 15) is 10.1 Å². The first-order valence-corrected chi connectivity index (χ1v) is 14.7. The fraction of sp³-hybridized carbons (Fsp3) is 0.265. The lowest BCUT2D eigenvalue weighted by Gasteiger charge is -2.19. The summed E-state index contributed by atoms with van der Waals surface area (Å²) >= 11 is 6.60. The summed E-state index contributed by atoms with van der Waals surface area (Å²) in [5, 5.41) is 17.3. The molecule has 1 aliphatic rings. The fourth-order valence-corrected chi connectivity index (χ4v) is 4.89. The Hall–Kier alpha value is -4.62. The van der Waals surface area contributed by atoms with Gasteiger partial charge >= 0.3 is 0 Å². The number of rotatable bonds is 11. The first kappa shape index (κ1) is 30.8. The average Bonchev–Trinajstić information content (AvgIpc) is 3.51. The standard InChI is InChI=1S/C34H34ClN5O4/c1-22-6-8-23(9-7-22)20-43-31-11-10-25(15-28(31)35)38-34-24(18-36)19-37-29-17-32(44-26-12-14-42-21-26)30(16-27(29)34)39-33(41)5-4-13-40(2)3/h4-11,15-17,19,26H,12-14,20-21H2,1-3H3,(H,37,38)(H,39,41)/t26-/m0/s1. The monoisotopic (exact) mass is 611 g/mol. The molecule has 44 heavy (non-hydrogen) atoms. The Morgan fingerprint density at radius 3 is 2.70 bits per heavy atom. The zero-order chi connectivity index (χ0) is 31.1. The second kappa shape index (κ2) is 14.2. The second-order valence-electron chi connectivity index (χ2n) is 10.8. The van der Waals surface area contributed by atoms with Crippen molar-refractivity contribution in [2.75, 3.05) is 44.5 Å². The SMILES string of the molecule is Cc1ccc(COc2ccc(Nc3c(C#N)cnc4cc(O[C@H]5CCOC5)c(NC(=O)C=CCN(C)C)cc34)cc2Cl)cc1. The molecule has 4 aromatic rings. The normalized spacial score (nSPS) is 14.6. The molecule has 0 bridgehead atoms. The summed E-state index contributed by atoms with van der Waals surface area (Å²) in [6.07, 6.45) is 5.38. The lowest BCUT2D eigenvalue weighted by molar-refractivity contribution is -0.111. The lowest BCUT2D eigenvalue weighted by Crippen LogP contribution is -2.18. The van der Waals surface area contributed by atoms with Crippen molar-refractivity contribution in [3.8, 4) is 17.6 Å². The number of hydrogen-bond donors (Lipinski definition) is 2. The molecular formula is C34H34ClN5O4. The van der Waals surface area contributed by atoms with Crippen molar-refractivity contribution in [3.05, 3.63) is 94.7 Å². The summed E-state index contributed by atoms with van der Waals surface area (Å²) in [5.41, 5.74) is 4.78. The Morgan fingerprint density at radius 2 is 2.00 bits per heavy atom. The summed E-state index contributed by atoms with van der Waals surface area (Å²) in [5.74, 6) is 0.720. The van der Waals surface area contributed by atoms with Gasteiger partial charge in [-0.05, 0) is 50.8 Å².